The van der Waals surface area contributed by atoms with Crippen LogP contribution in [0.5, 0.6) is 0 Å². The zero-order chi connectivity index (χ0) is 14.8. The van der Waals surface area contributed by atoms with Crippen molar-refractivity contribution in [3.63, 3.8) is 0 Å². The van der Waals surface area contributed by atoms with E-state index in [1.165, 1.54) is 6.07 Å². The van der Waals surface area contributed by atoms with Crippen molar-refractivity contribution in [2.75, 3.05) is 26.2 Å². The van der Waals surface area contributed by atoms with E-state index < -0.39 is 0 Å². The Balaban J connectivity index is 1.69. The summed E-state index contributed by atoms with van der Waals surface area (Å²) in [6, 6.07) is 4.92. The van der Waals surface area contributed by atoms with Gasteiger partial charge in [-0.3, -0.25) is 0 Å². The van der Waals surface area contributed by atoms with Crippen molar-refractivity contribution in [1.82, 2.24) is 15.1 Å². The van der Waals surface area contributed by atoms with E-state index >= 15 is 0 Å². The third-order valence-corrected chi connectivity index (χ3v) is 4.64. The highest BCUT2D eigenvalue weighted by molar-refractivity contribution is 6.31. The first-order valence-corrected chi connectivity index (χ1v) is 7.74. The van der Waals surface area contributed by atoms with Crippen LogP contribution in [0.3, 0.4) is 0 Å². The summed E-state index contributed by atoms with van der Waals surface area (Å²) in [5, 5.41) is 3.68. The van der Waals surface area contributed by atoms with E-state index in [1.807, 2.05) is 4.90 Å². The molecule has 3 rings (SSSR count). The molecule has 0 aromatic heterocycles. The third kappa shape index (κ3) is 2.99. The van der Waals surface area contributed by atoms with E-state index in [0.29, 0.717) is 23.2 Å². The van der Waals surface area contributed by atoms with E-state index in [1.54, 1.807) is 17.0 Å². The number of urea groups is 1. The highest BCUT2D eigenvalue weighted by Gasteiger charge is 2.34. The molecule has 2 aliphatic heterocycles. The first kappa shape index (κ1) is 14.6. The van der Waals surface area contributed by atoms with Crippen molar-refractivity contribution >= 4 is 17.6 Å². The monoisotopic (exact) mass is 311 g/mol. The van der Waals surface area contributed by atoms with E-state index in [2.05, 4.69) is 5.32 Å². The molecule has 0 atom stereocenters. The van der Waals surface area contributed by atoms with Gasteiger partial charge in [0.15, 0.2) is 0 Å². The Morgan fingerprint density at radius 1 is 1.29 bits per heavy atom. The lowest BCUT2D eigenvalue weighted by atomic mass is 10.1. The van der Waals surface area contributed by atoms with Crippen LogP contribution < -0.4 is 5.32 Å². The molecule has 2 saturated heterocycles. The summed E-state index contributed by atoms with van der Waals surface area (Å²) in [7, 11) is 0. The Hall–Kier alpha value is -1.33. The van der Waals surface area contributed by atoms with E-state index in [4.69, 9.17) is 11.6 Å². The van der Waals surface area contributed by atoms with Crippen molar-refractivity contribution in [1.29, 1.82) is 0 Å². The largest absolute Gasteiger partial charge is 0.320 e. The van der Waals surface area contributed by atoms with Crippen LogP contribution in [-0.2, 0) is 6.54 Å². The summed E-state index contributed by atoms with van der Waals surface area (Å²) in [5.41, 5.74) is 0.402. The molecule has 2 fully saturated rings. The highest BCUT2D eigenvalue weighted by Crippen LogP contribution is 2.24. The lowest BCUT2D eigenvalue weighted by Crippen LogP contribution is -2.45. The van der Waals surface area contributed by atoms with Crippen LogP contribution >= 0.6 is 11.6 Å². The maximum absolute atomic E-state index is 13.8. The molecule has 2 amide bonds. The molecule has 2 heterocycles. The van der Waals surface area contributed by atoms with Crippen LogP contribution in [0.4, 0.5) is 9.18 Å². The molecule has 0 spiro atoms. The number of nitrogens with one attached hydrogen (secondary N) is 1. The summed E-state index contributed by atoms with van der Waals surface area (Å²) in [6.45, 7) is 3.50. The second-order valence-electron chi connectivity index (χ2n) is 5.58. The van der Waals surface area contributed by atoms with Crippen LogP contribution in [-0.4, -0.2) is 48.1 Å². The van der Waals surface area contributed by atoms with Crippen molar-refractivity contribution in [2.24, 2.45) is 0 Å². The first-order chi connectivity index (χ1) is 10.2. The molecule has 21 heavy (non-hydrogen) atoms. The maximum atomic E-state index is 13.8. The van der Waals surface area contributed by atoms with Crippen LogP contribution in [0, 0.1) is 5.82 Å². The van der Waals surface area contributed by atoms with E-state index in [0.717, 1.165) is 32.5 Å². The quantitative estimate of drug-likeness (QED) is 0.931. The topological polar surface area (TPSA) is 35.6 Å². The third-order valence-electron chi connectivity index (χ3n) is 4.29. The summed E-state index contributed by atoms with van der Waals surface area (Å²) >= 11 is 6.04. The molecule has 0 bridgehead atoms. The Labute approximate surface area is 128 Å². The second kappa shape index (κ2) is 6.20. The standard InChI is InChI=1S/C15H19ClFN3O/c16-13-2-1-3-14(17)12(13)10-19-8-9-20(15(19)21)11-4-6-18-7-5-11/h1-3,11,18H,4-10H2. The van der Waals surface area contributed by atoms with Crippen molar-refractivity contribution in [3.8, 4) is 0 Å². The molecule has 6 heteroatoms. The number of benzene rings is 1. The zero-order valence-corrected chi connectivity index (χ0v) is 12.6. The molecule has 0 unspecified atom stereocenters. The molecule has 1 aromatic carbocycles. The maximum Gasteiger partial charge on any atom is 0.320 e. The Morgan fingerprint density at radius 3 is 2.76 bits per heavy atom. The number of piperidine rings is 1. The minimum absolute atomic E-state index is 0.00113. The average Bonchev–Trinajstić information content (AvgIpc) is 2.85. The molecule has 0 radical (unpaired) electrons. The van der Waals surface area contributed by atoms with Gasteiger partial charge in [0.25, 0.3) is 0 Å². The number of rotatable bonds is 3. The van der Waals surface area contributed by atoms with Gasteiger partial charge in [0.2, 0.25) is 0 Å². The number of amides is 2. The molecular formula is C15H19ClFN3O. The fourth-order valence-corrected chi connectivity index (χ4v) is 3.30. The Bertz CT molecular complexity index is 513. The number of halogens is 2. The number of hydrogen-bond donors (Lipinski definition) is 1. The minimum Gasteiger partial charge on any atom is -0.320 e. The number of carbonyl (C=O) groups is 1. The van der Waals surface area contributed by atoms with Crippen LogP contribution in [0.25, 0.3) is 0 Å². The summed E-state index contributed by atoms with van der Waals surface area (Å²) in [4.78, 5) is 16.1. The Morgan fingerprint density at radius 2 is 2.05 bits per heavy atom. The van der Waals surface area contributed by atoms with Gasteiger partial charge >= 0.3 is 6.03 Å². The van der Waals surface area contributed by atoms with Gasteiger partial charge in [-0.05, 0) is 38.1 Å². The second-order valence-corrected chi connectivity index (χ2v) is 5.99. The summed E-state index contributed by atoms with van der Waals surface area (Å²) < 4.78 is 13.8. The normalized spacial score (nSPS) is 20.4. The summed E-state index contributed by atoms with van der Waals surface area (Å²) in [6.07, 6.45) is 1.97. The smallest absolute Gasteiger partial charge is 0.320 e. The number of nitrogens with zero attached hydrogens (tertiary/aromatic N) is 2. The lowest BCUT2D eigenvalue weighted by molar-refractivity contribution is 0.164. The Kier molecular flexibility index (Phi) is 4.31. The molecule has 2 aliphatic rings. The van der Waals surface area contributed by atoms with Gasteiger partial charge in [-0.25, -0.2) is 9.18 Å². The van der Waals surface area contributed by atoms with E-state index in [9.17, 15) is 9.18 Å². The molecule has 4 nitrogen and oxygen atoms in total. The van der Waals surface area contributed by atoms with Gasteiger partial charge in [-0.1, -0.05) is 17.7 Å². The SMILES string of the molecule is O=C1N(Cc2c(F)cccc2Cl)CCN1C1CCNCC1. The fourth-order valence-electron chi connectivity index (χ4n) is 3.08. The van der Waals surface area contributed by atoms with Gasteiger partial charge in [0.1, 0.15) is 5.82 Å². The van der Waals surface area contributed by atoms with Gasteiger partial charge in [0.05, 0.1) is 6.54 Å². The number of hydrogen-bond acceptors (Lipinski definition) is 2. The van der Waals surface area contributed by atoms with Crippen LogP contribution in [0.2, 0.25) is 5.02 Å². The zero-order valence-electron chi connectivity index (χ0n) is 11.8. The molecular weight excluding hydrogens is 293 g/mol. The van der Waals surface area contributed by atoms with Gasteiger partial charge in [-0.2, -0.15) is 0 Å². The first-order valence-electron chi connectivity index (χ1n) is 7.36. The van der Waals surface area contributed by atoms with Crippen molar-refractivity contribution < 1.29 is 9.18 Å². The fraction of sp³-hybridized carbons (Fsp3) is 0.533. The molecule has 114 valence electrons. The lowest BCUT2D eigenvalue weighted by Gasteiger charge is -2.31. The highest BCUT2D eigenvalue weighted by atomic mass is 35.5. The van der Waals surface area contributed by atoms with Gasteiger partial charge in [-0.15, -0.1) is 0 Å². The average molecular weight is 312 g/mol. The van der Waals surface area contributed by atoms with E-state index in [-0.39, 0.29) is 18.4 Å². The van der Waals surface area contributed by atoms with Crippen LogP contribution in [0.1, 0.15) is 18.4 Å². The predicted octanol–water partition coefficient (Wildman–Crippen LogP) is 2.47. The molecule has 0 saturated carbocycles. The minimum atomic E-state index is -0.351. The predicted molar refractivity (Wildman–Crippen MR) is 79.8 cm³/mol. The van der Waals surface area contributed by atoms with Crippen molar-refractivity contribution in [2.45, 2.75) is 25.4 Å². The van der Waals surface area contributed by atoms with Crippen molar-refractivity contribution in [3.05, 3.63) is 34.6 Å². The van der Waals surface area contributed by atoms with Crippen LogP contribution in [0.15, 0.2) is 18.2 Å². The summed E-state index contributed by atoms with van der Waals surface area (Å²) in [5.74, 6) is -0.351. The molecule has 0 aliphatic carbocycles. The number of carbonyl (C=O) groups excluding carboxylic acids is 1. The molecule has 1 aromatic rings. The van der Waals surface area contributed by atoms with Gasteiger partial charge in [0, 0.05) is 29.7 Å². The molecule has 1 N–H and O–H groups in total. The van der Waals surface area contributed by atoms with Gasteiger partial charge < -0.3 is 15.1 Å².